The molecule has 0 radical (unpaired) electrons. The summed E-state index contributed by atoms with van der Waals surface area (Å²) in [7, 11) is 1.83. The Labute approximate surface area is 126 Å². The molecule has 2 heterocycles. The number of amides is 1. The van der Waals surface area contributed by atoms with Crippen molar-refractivity contribution in [2.24, 2.45) is 12.8 Å². The third kappa shape index (κ3) is 4.04. The average molecular weight is 294 g/mol. The molecule has 2 rings (SSSR count). The summed E-state index contributed by atoms with van der Waals surface area (Å²) in [5.74, 6) is 0.0742. The van der Waals surface area contributed by atoms with E-state index < -0.39 is 0 Å². The number of nitrogens with zero attached hydrogens (tertiary/aromatic N) is 3. The highest BCUT2D eigenvalue weighted by Gasteiger charge is 2.25. The Hall–Kier alpha value is -1.40. The Morgan fingerprint density at radius 1 is 1.48 bits per heavy atom. The third-order valence-electron chi connectivity index (χ3n) is 3.94. The predicted molar refractivity (Wildman–Crippen MR) is 81.1 cm³/mol. The van der Waals surface area contributed by atoms with E-state index in [1.54, 1.807) is 4.68 Å². The molecule has 1 aromatic rings. The molecule has 0 saturated carbocycles. The molecule has 0 spiro atoms. The molecule has 1 aliphatic rings. The first-order chi connectivity index (χ1) is 10.2. The minimum Gasteiger partial charge on any atom is -0.378 e. The normalized spacial score (nSPS) is 16.4. The van der Waals surface area contributed by atoms with Crippen LogP contribution in [0.4, 0.5) is 0 Å². The number of likely N-dealkylation sites (tertiary alicyclic amines) is 1. The van der Waals surface area contributed by atoms with Crippen LogP contribution in [0, 0.1) is 0 Å². The second-order valence-electron chi connectivity index (χ2n) is 5.50. The van der Waals surface area contributed by atoms with Crippen molar-refractivity contribution in [2.75, 3.05) is 26.2 Å². The summed E-state index contributed by atoms with van der Waals surface area (Å²) in [6, 6.07) is 1.90. The molecule has 0 aromatic carbocycles. The Bertz CT molecular complexity index is 464. The fourth-order valence-electron chi connectivity index (χ4n) is 2.62. The molecule has 21 heavy (non-hydrogen) atoms. The van der Waals surface area contributed by atoms with E-state index in [2.05, 4.69) is 5.10 Å². The Morgan fingerprint density at radius 3 is 2.76 bits per heavy atom. The summed E-state index contributed by atoms with van der Waals surface area (Å²) in [6.07, 6.45) is 3.80. The van der Waals surface area contributed by atoms with Gasteiger partial charge in [-0.1, -0.05) is 6.92 Å². The molecule has 2 N–H and O–H groups in total. The van der Waals surface area contributed by atoms with Crippen LogP contribution in [0.2, 0.25) is 0 Å². The third-order valence-corrected chi connectivity index (χ3v) is 3.94. The van der Waals surface area contributed by atoms with E-state index in [1.807, 2.05) is 24.9 Å². The number of ether oxygens (including phenoxy) is 1. The molecule has 118 valence electrons. The highest BCUT2D eigenvalue weighted by Crippen LogP contribution is 2.17. The fourth-order valence-corrected chi connectivity index (χ4v) is 2.62. The largest absolute Gasteiger partial charge is 0.378 e. The first-order valence-corrected chi connectivity index (χ1v) is 7.79. The van der Waals surface area contributed by atoms with E-state index >= 15 is 0 Å². The van der Waals surface area contributed by atoms with Crippen LogP contribution in [0.1, 0.15) is 42.4 Å². The molecule has 1 amide bonds. The van der Waals surface area contributed by atoms with Crippen molar-refractivity contribution in [1.82, 2.24) is 14.7 Å². The van der Waals surface area contributed by atoms with Gasteiger partial charge < -0.3 is 15.4 Å². The first kappa shape index (κ1) is 16.0. The van der Waals surface area contributed by atoms with Crippen LogP contribution in [0.25, 0.3) is 0 Å². The van der Waals surface area contributed by atoms with E-state index in [9.17, 15) is 4.79 Å². The maximum Gasteiger partial charge on any atom is 0.272 e. The topological polar surface area (TPSA) is 73.4 Å². The van der Waals surface area contributed by atoms with Crippen LogP contribution in [-0.4, -0.2) is 52.9 Å². The van der Waals surface area contributed by atoms with Crippen molar-refractivity contribution in [3.8, 4) is 0 Å². The highest BCUT2D eigenvalue weighted by atomic mass is 16.5. The maximum absolute atomic E-state index is 12.5. The molecular formula is C15H26N4O2. The lowest BCUT2D eigenvalue weighted by molar-refractivity contribution is 0.00817. The summed E-state index contributed by atoms with van der Waals surface area (Å²) in [4.78, 5) is 14.4. The Balaban J connectivity index is 1.86. The van der Waals surface area contributed by atoms with Crippen LogP contribution in [-0.2, 0) is 18.2 Å². The van der Waals surface area contributed by atoms with Crippen LogP contribution < -0.4 is 5.73 Å². The van der Waals surface area contributed by atoms with Crippen molar-refractivity contribution in [1.29, 1.82) is 0 Å². The van der Waals surface area contributed by atoms with Crippen molar-refractivity contribution in [3.63, 3.8) is 0 Å². The van der Waals surface area contributed by atoms with Crippen LogP contribution in [0.3, 0.4) is 0 Å². The van der Waals surface area contributed by atoms with Crippen LogP contribution in [0.5, 0.6) is 0 Å². The average Bonchev–Trinajstić information content (AvgIpc) is 2.89. The van der Waals surface area contributed by atoms with Gasteiger partial charge in [-0.25, -0.2) is 0 Å². The van der Waals surface area contributed by atoms with Crippen molar-refractivity contribution in [3.05, 3.63) is 17.5 Å². The van der Waals surface area contributed by atoms with Gasteiger partial charge in [-0.2, -0.15) is 5.10 Å². The molecule has 0 atom stereocenters. The molecular weight excluding hydrogens is 268 g/mol. The van der Waals surface area contributed by atoms with Gasteiger partial charge in [0.2, 0.25) is 0 Å². The lowest BCUT2D eigenvalue weighted by Crippen LogP contribution is -2.41. The Morgan fingerprint density at radius 2 is 2.19 bits per heavy atom. The van der Waals surface area contributed by atoms with Gasteiger partial charge in [-0.15, -0.1) is 0 Å². The number of nitrogens with two attached hydrogens (primary N) is 1. The zero-order valence-electron chi connectivity index (χ0n) is 13.0. The zero-order valence-corrected chi connectivity index (χ0v) is 13.0. The summed E-state index contributed by atoms with van der Waals surface area (Å²) in [5.41, 5.74) is 7.09. The van der Waals surface area contributed by atoms with Crippen LogP contribution in [0.15, 0.2) is 6.07 Å². The minimum atomic E-state index is 0.0742. The van der Waals surface area contributed by atoms with Gasteiger partial charge >= 0.3 is 0 Å². The van der Waals surface area contributed by atoms with Gasteiger partial charge in [0.15, 0.2) is 0 Å². The molecule has 1 saturated heterocycles. The number of hydrogen-bond acceptors (Lipinski definition) is 4. The van der Waals surface area contributed by atoms with Gasteiger partial charge in [-0.05, 0) is 38.3 Å². The summed E-state index contributed by atoms with van der Waals surface area (Å²) in [5, 5.41) is 4.34. The van der Waals surface area contributed by atoms with Crippen LogP contribution >= 0.6 is 0 Å². The Kier molecular flexibility index (Phi) is 5.76. The van der Waals surface area contributed by atoms with E-state index in [0.717, 1.165) is 51.1 Å². The number of rotatable bonds is 6. The lowest BCUT2D eigenvalue weighted by Gasteiger charge is -2.31. The molecule has 1 fully saturated rings. The van der Waals surface area contributed by atoms with Crippen molar-refractivity contribution >= 4 is 5.91 Å². The van der Waals surface area contributed by atoms with Crippen molar-refractivity contribution < 1.29 is 9.53 Å². The second-order valence-corrected chi connectivity index (χ2v) is 5.50. The molecule has 0 unspecified atom stereocenters. The summed E-state index contributed by atoms with van der Waals surface area (Å²) < 4.78 is 7.45. The molecule has 1 aliphatic heterocycles. The SMILES string of the molecule is CCc1cc(C(=O)N2CCC(OCCCN)CC2)n(C)n1. The molecule has 6 nitrogen and oxygen atoms in total. The number of aromatic nitrogens is 2. The van der Waals surface area contributed by atoms with E-state index in [-0.39, 0.29) is 12.0 Å². The summed E-state index contributed by atoms with van der Waals surface area (Å²) >= 11 is 0. The minimum absolute atomic E-state index is 0.0742. The smallest absolute Gasteiger partial charge is 0.272 e. The molecule has 0 bridgehead atoms. The maximum atomic E-state index is 12.5. The monoisotopic (exact) mass is 294 g/mol. The number of carbonyl (C=O) groups is 1. The van der Waals surface area contributed by atoms with Gasteiger partial charge in [0.25, 0.3) is 5.91 Å². The quantitative estimate of drug-likeness (QED) is 0.793. The standard InChI is InChI=1S/C15H26N4O2/c1-3-12-11-14(18(2)17-12)15(20)19-8-5-13(6-9-19)21-10-4-7-16/h11,13H,3-10,16H2,1-2H3. The molecule has 6 heteroatoms. The lowest BCUT2D eigenvalue weighted by atomic mass is 10.1. The number of piperidine rings is 1. The van der Waals surface area contributed by atoms with E-state index in [0.29, 0.717) is 12.2 Å². The number of aryl methyl sites for hydroxylation is 2. The molecule has 1 aromatic heterocycles. The van der Waals surface area contributed by atoms with Gasteiger partial charge in [-0.3, -0.25) is 9.48 Å². The van der Waals surface area contributed by atoms with E-state index in [4.69, 9.17) is 10.5 Å². The van der Waals surface area contributed by atoms with Crippen molar-refractivity contribution in [2.45, 2.75) is 38.7 Å². The van der Waals surface area contributed by atoms with Gasteiger partial charge in [0, 0.05) is 26.7 Å². The first-order valence-electron chi connectivity index (χ1n) is 7.79. The molecule has 0 aliphatic carbocycles. The predicted octanol–water partition coefficient (Wildman–Crippen LogP) is 0.953. The van der Waals surface area contributed by atoms with Gasteiger partial charge in [0.05, 0.1) is 11.8 Å². The zero-order chi connectivity index (χ0) is 15.2. The summed E-state index contributed by atoms with van der Waals surface area (Å²) in [6.45, 7) is 4.92. The van der Waals surface area contributed by atoms with Gasteiger partial charge in [0.1, 0.15) is 5.69 Å². The number of hydrogen-bond donors (Lipinski definition) is 1. The second kappa shape index (κ2) is 7.56. The van der Waals surface area contributed by atoms with E-state index in [1.165, 1.54) is 0 Å². The number of carbonyl (C=O) groups excluding carboxylic acids is 1. The highest BCUT2D eigenvalue weighted by molar-refractivity contribution is 5.92. The fraction of sp³-hybridized carbons (Fsp3) is 0.733.